The molecule has 0 radical (unpaired) electrons. The van der Waals surface area contributed by atoms with Crippen LogP contribution in [0.25, 0.3) is 0 Å². The van der Waals surface area contributed by atoms with Gasteiger partial charge in [-0.2, -0.15) is 8.78 Å². The summed E-state index contributed by atoms with van der Waals surface area (Å²) in [6, 6.07) is 0. The van der Waals surface area contributed by atoms with Crippen molar-refractivity contribution in [3.8, 4) is 0 Å². The number of aliphatic imine (C=N–C) groups is 1. The zero-order chi connectivity index (χ0) is 6.78. The van der Waals surface area contributed by atoms with E-state index in [-0.39, 0.29) is 0 Å². The first-order valence-corrected chi connectivity index (χ1v) is 1.92. The first-order valence-electron chi connectivity index (χ1n) is 1.92. The lowest BCUT2D eigenvalue weighted by Crippen LogP contribution is -2.20. The molecule has 2 nitrogen and oxygen atoms in total. The number of nitrogens with zero attached hydrogens (tertiary/aromatic N) is 1. The molecule has 0 fully saturated rings. The van der Waals surface area contributed by atoms with E-state index in [1.165, 1.54) is 0 Å². The Kier molecular flexibility index (Phi) is 1.78. The molecule has 0 saturated carbocycles. The second kappa shape index (κ2) is 1.98. The number of hydrogen-bond donors (Lipinski definition) is 1. The van der Waals surface area contributed by atoms with Crippen LogP contribution >= 0.6 is 0 Å². The Hall–Kier alpha value is -0.800. The van der Waals surface area contributed by atoms with Crippen molar-refractivity contribution in [1.29, 1.82) is 5.41 Å². The Morgan fingerprint density at radius 1 is 1.75 bits per heavy atom. The lowest BCUT2D eigenvalue weighted by molar-refractivity contribution is 0.0982. The Morgan fingerprint density at radius 3 is 2.12 bits per heavy atom. The van der Waals surface area contributed by atoms with Gasteiger partial charge in [0, 0.05) is 6.92 Å². The summed E-state index contributed by atoms with van der Waals surface area (Å²) in [6.45, 7) is 3.37. The van der Waals surface area contributed by atoms with E-state index in [9.17, 15) is 8.78 Å². The molecule has 8 heavy (non-hydrogen) atoms. The Bertz CT molecular complexity index is 114. The van der Waals surface area contributed by atoms with Crippen LogP contribution in [-0.2, 0) is 0 Å². The van der Waals surface area contributed by atoms with Crippen molar-refractivity contribution in [3.63, 3.8) is 0 Å². The monoisotopic (exact) mass is 120 g/mol. The molecule has 0 aliphatic rings. The van der Waals surface area contributed by atoms with Crippen LogP contribution in [-0.4, -0.2) is 18.5 Å². The second-order valence-corrected chi connectivity index (χ2v) is 1.40. The summed E-state index contributed by atoms with van der Waals surface area (Å²) in [5.74, 6) is -4.13. The van der Waals surface area contributed by atoms with Gasteiger partial charge >= 0.3 is 5.92 Å². The lowest BCUT2D eigenvalue weighted by Gasteiger charge is -2.04. The quantitative estimate of drug-likeness (QED) is 0.400. The van der Waals surface area contributed by atoms with Gasteiger partial charge in [0.05, 0.1) is 0 Å². The highest BCUT2D eigenvalue weighted by molar-refractivity contribution is 5.89. The number of hydrogen-bond acceptors (Lipinski definition) is 1. The van der Waals surface area contributed by atoms with Crippen LogP contribution in [0.5, 0.6) is 0 Å². The molecule has 0 rings (SSSR count). The van der Waals surface area contributed by atoms with Gasteiger partial charge in [-0.05, 0) is 6.72 Å². The van der Waals surface area contributed by atoms with Crippen molar-refractivity contribution in [2.24, 2.45) is 4.99 Å². The SMILES string of the molecule is C=NC(=N)C(C)(F)F. The number of halogens is 2. The molecule has 0 unspecified atom stereocenters. The maximum Gasteiger partial charge on any atom is 0.303 e. The van der Waals surface area contributed by atoms with Crippen LogP contribution in [0.15, 0.2) is 4.99 Å². The largest absolute Gasteiger partial charge is 0.303 e. The third-order valence-corrected chi connectivity index (χ3v) is 0.574. The van der Waals surface area contributed by atoms with Gasteiger partial charge in [-0.1, -0.05) is 0 Å². The first kappa shape index (κ1) is 7.20. The molecule has 0 saturated heterocycles. The van der Waals surface area contributed by atoms with Gasteiger partial charge < -0.3 is 0 Å². The van der Waals surface area contributed by atoms with Crippen molar-refractivity contribution in [2.75, 3.05) is 0 Å². The van der Waals surface area contributed by atoms with Crippen molar-refractivity contribution in [2.45, 2.75) is 12.8 Å². The molecule has 0 aliphatic heterocycles. The average molecular weight is 120 g/mol. The van der Waals surface area contributed by atoms with E-state index in [2.05, 4.69) is 11.7 Å². The summed E-state index contributed by atoms with van der Waals surface area (Å²) in [5.41, 5.74) is 0. The highest BCUT2D eigenvalue weighted by Gasteiger charge is 2.26. The second-order valence-electron chi connectivity index (χ2n) is 1.40. The average Bonchev–Trinajstić information content (AvgIpc) is 1.62. The van der Waals surface area contributed by atoms with Gasteiger partial charge in [0.15, 0.2) is 5.84 Å². The van der Waals surface area contributed by atoms with E-state index in [1.54, 1.807) is 0 Å². The minimum absolute atomic E-state index is 0.601. The predicted octanol–water partition coefficient (Wildman–Crippen LogP) is 1.32. The van der Waals surface area contributed by atoms with Crippen LogP contribution in [0.3, 0.4) is 0 Å². The fourth-order valence-corrected chi connectivity index (χ4v) is 0.139. The summed E-state index contributed by atoms with van der Waals surface area (Å²) >= 11 is 0. The molecule has 0 heterocycles. The summed E-state index contributed by atoms with van der Waals surface area (Å²) in [7, 11) is 0. The minimum atomic E-state index is -3.14. The van der Waals surface area contributed by atoms with E-state index < -0.39 is 11.8 Å². The van der Waals surface area contributed by atoms with Gasteiger partial charge in [0.1, 0.15) is 0 Å². The number of nitrogens with one attached hydrogen (secondary N) is 1. The molecule has 0 aromatic carbocycles. The topological polar surface area (TPSA) is 36.2 Å². The molecule has 0 spiro atoms. The van der Waals surface area contributed by atoms with Crippen LogP contribution in [0.2, 0.25) is 0 Å². The highest BCUT2D eigenvalue weighted by Crippen LogP contribution is 2.12. The molecule has 0 aromatic rings. The van der Waals surface area contributed by atoms with Gasteiger partial charge in [0.2, 0.25) is 0 Å². The van der Waals surface area contributed by atoms with Crippen molar-refractivity contribution in [1.82, 2.24) is 0 Å². The van der Waals surface area contributed by atoms with Gasteiger partial charge in [-0.3, -0.25) is 5.41 Å². The molecule has 4 heteroatoms. The molecular formula is C4H6F2N2. The highest BCUT2D eigenvalue weighted by atomic mass is 19.3. The van der Waals surface area contributed by atoms with Crippen molar-refractivity contribution >= 4 is 12.6 Å². The summed E-state index contributed by atoms with van der Waals surface area (Å²) in [4.78, 5) is 2.74. The lowest BCUT2D eigenvalue weighted by atomic mass is 10.4. The van der Waals surface area contributed by atoms with E-state index >= 15 is 0 Å². The molecule has 1 N–H and O–H groups in total. The molecule has 0 amide bonds. The fourth-order valence-electron chi connectivity index (χ4n) is 0.139. The zero-order valence-corrected chi connectivity index (χ0v) is 4.41. The third kappa shape index (κ3) is 1.77. The first-order chi connectivity index (χ1) is 3.48. The molecule has 0 aliphatic carbocycles. The van der Waals surface area contributed by atoms with Gasteiger partial charge in [-0.25, -0.2) is 4.99 Å². The number of rotatable bonds is 1. The van der Waals surface area contributed by atoms with Crippen molar-refractivity contribution in [3.05, 3.63) is 0 Å². The standard InChI is InChI=1S/C4H6F2N2/c1-4(5,6)3(7)8-2/h7H,2H2,1H3. The summed E-state index contributed by atoms with van der Waals surface area (Å²) in [5, 5.41) is 6.41. The molecule has 0 aromatic heterocycles. The van der Waals surface area contributed by atoms with E-state index in [1.807, 2.05) is 0 Å². The number of amidine groups is 1. The smallest absolute Gasteiger partial charge is 0.281 e. The molecular weight excluding hydrogens is 114 g/mol. The van der Waals surface area contributed by atoms with Crippen LogP contribution in [0.4, 0.5) is 8.78 Å². The van der Waals surface area contributed by atoms with E-state index in [0.717, 1.165) is 0 Å². The molecule has 46 valence electrons. The summed E-state index contributed by atoms with van der Waals surface area (Å²) in [6.07, 6.45) is 0. The van der Waals surface area contributed by atoms with Gasteiger partial charge in [0.25, 0.3) is 0 Å². The Labute approximate surface area is 45.7 Å². The minimum Gasteiger partial charge on any atom is -0.281 e. The normalized spacial score (nSPS) is 10.9. The fraction of sp³-hybridized carbons (Fsp3) is 0.500. The molecule has 0 bridgehead atoms. The summed E-state index contributed by atoms with van der Waals surface area (Å²) < 4.78 is 23.5. The van der Waals surface area contributed by atoms with Crippen LogP contribution in [0, 0.1) is 5.41 Å². The maximum atomic E-state index is 11.8. The number of alkyl halides is 2. The molecule has 0 atom stereocenters. The zero-order valence-electron chi connectivity index (χ0n) is 4.41. The van der Waals surface area contributed by atoms with E-state index in [4.69, 9.17) is 5.41 Å². The van der Waals surface area contributed by atoms with Gasteiger partial charge in [-0.15, -0.1) is 0 Å². The maximum absolute atomic E-state index is 11.8. The van der Waals surface area contributed by atoms with E-state index in [0.29, 0.717) is 6.92 Å². The van der Waals surface area contributed by atoms with Crippen LogP contribution < -0.4 is 0 Å². The van der Waals surface area contributed by atoms with Crippen molar-refractivity contribution < 1.29 is 8.78 Å². The predicted molar refractivity (Wildman–Crippen MR) is 27.9 cm³/mol. The van der Waals surface area contributed by atoms with Crippen LogP contribution in [0.1, 0.15) is 6.92 Å². The Morgan fingerprint density at radius 2 is 2.12 bits per heavy atom. The third-order valence-electron chi connectivity index (χ3n) is 0.574. The Balaban J connectivity index is 4.02.